The molecule has 0 aliphatic heterocycles. The lowest BCUT2D eigenvalue weighted by atomic mass is 10.2. The van der Waals surface area contributed by atoms with Crippen LogP contribution in [0.3, 0.4) is 0 Å². The summed E-state index contributed by atoms with van der Waals surface area (Å²) >= 11 is 5.07. The Morgan fingerprint density at radius 2 is 1.93 bits per heavy atom. The molecule has 3 N–H and O–H groups in total. The number of hydrogen-bond donors (Lipinski definition) is 3. The third kappa shape index (κ3) is 5.55. The maximum atomic E-state index is 12.2. The molecule has 0 aliphatic rings. The Kier molecular flexibility index (Phi) is 6.99. The molecule has 1 aromatic carbocycles. The minimum atomic E-state index is -3.75. The number of nitrogens with one attached hydrogen (secondary N) is 3. The smallest absolute Gasteiger partial charge is 0.240 e. The number of carbonyl (C=O) groups is 2. The molecule has 0 radical (unpaired) electrons. The Hall–Kier alpha value is -2.37. The van der Waals surface area contributed by atoms with Crippen molar-refractivity contribution in [1.29, 1.82) is 0 Å². The van der Waals surface area contributed by atoms with Crippen LogP contribution in [0.25, 0.3) is 0 Å². The lowest BCUT2D eigenvalue weighted by Gasteiger charge is -2.08. The number of aromatic nitrogens is 3. The Labute approximate surface area is 162 Å². The highest BCUT2D eigenvalue weighted by molar-refractivity contribution is 7.89. The van der Waals surface area contributed by atoms with Gasteiger partial charge in [-0.05, 0) is 38.2 Å². The van der Waals surface area contributed by atoms with Crippen LogP contribution in [0.2, 0.25) is 0 Å². The quantitative estimate of drug-likeness (QED) is 0.420. The lowest BCUT2D eigenvalue weighted by molar-refractivity contribution is -0.121. The van der Waals surface area contributed by atoms with Gasteiger partial charge < -0.3 is 9.88 Å². The molecule has 9 nitrogen and oxygen atoms in total. The van der Waals surface area contributed by atoms with Crippen LogP contribution in [0.15, 0.2) is 29.2 Å². The predicted molar refractivity (Wildman–Crippen MR) is 101 cm³/mol. The minimum absolute atomic E-state index is 0.0258. The third-order valence-electron chi connectivity index (χ3n) is 3.81. The van der Waals surface area contributed by atoms with Crippen LogP contribution < -0.4 is 10.0 Å². The van der Waals surface area contributed by atoms with Crippen molar-refractivity contribution in [2.75, 3.05) is 6.54 Å². The molecule has 0 bridgehead atoms. The number of nitrogens with zero attached hydrogens (tertiary/aromatic N) is 2. The average Bonchev–Trinajstić information content (AvgIpc) is 2.99. The van der Waals surface area contributed by atoms with E-state index in [1.807, 2.05) is 6.92 Å². The number of rotatable bonds is 9. The van der Waals surface area contributed by atoms with Crippen LogP contribution in [-0.4, -0.2) is 41.4 Å². The summed E-state index contributed by atoms with van der Waals surface area (Å²) in [6.45, 7) is 4.08. The molecule has 0 saturated carbocycles. The van der Waals surface area contributed by atoms with E-state index in [-0.39, 0.29) is 36.1 Å². The molecule has 0 fully saturated rings. The van der Waals surface area contributed by atoms with Gasteiger partial charge >= 0.3 is 0 Å². The predicted octanol–water partition coefficient (Wildman–Crippen LogP) is 1.15. The standard InChI is InChI=1S/C16H21N5O4S2/c1-3-21-14(19-20-16(21)26)10-17-15(23)8-9-18-27(24,25)13-6-4-12(5-7-13)11(2)22/h4-7,18H,3,8-10H2,1-2H3,(H,17,23)(H,20,26). The Morgan fingerprint density at radius 1 is 1.26 bits per heavy atom. The fourth-order valence-electron chi connectivity index (χ4n) is 2.33. The SMILES string of the molecule is CCn1c(CNC(=O)CCNS(=O)(=O)c2ccc(C(C)=O)cc2)n[nH]c1=S. The first-order chi connectivity index (χ1) is 12.7. The molecular formula is C16H21N5O4S2. The first-order valence-corrected chi connectivity index (χ1v) is 10.1. The maximum Gasteiger partial charge on any atom is 0.240 e. The van der Waals surface area contributed by atoms with Crippen LogP contribution in [0.4, 0.5) is 0 Å². The number of sulfonamides is 1. The topological polar surface area (TPSA) is 126 Å². The molecule has 27 heavy (non-hydrogen) atoms. The van der Waals surface area contributed by atoms with Crippen LogP contribution in [-0.2, 0) is 27.9 Å². The normalized spacial score (nSPS) is 11.3. The zero-order chi connectivity index (χ0) is 20.0. The second-order valence-corrected chi connectivity index (χ2v) is 7.85. The molecule has 0 saturated heterocycles. The van der Waals surface area contributed by atoms with Crippen molar-refractivity contribution in [1.82, 2.24) is 24.8 Å². The van der Waals surface area contributed by atoms with E-state index in [9.17, 15) is 18.0 Å². The summed E-state index contributed by atoms with van der Waals surface area (Å²) < 4.78 is 29.0. The molecule has 0 unspecified atom stereocenters. The van der Waals surface area contributed by atoms with Gasteiger partial charge in [0, 0.05) is 25.1 Å². The molecule has 2 rings (SSSR count). The van der Waals surface area contributed by atoms with Crippen LogP contribution in [0, 0.1) is 4.77 Å². The molecule has 1 heterocycles. The molecule has 2 aromatic rings. The van der Waals surface area contributed by atoms with Crippen LogP contribution >= 0.6 is 12.2 Å². The van der Waals surface area contributed by atoms with E-state index in [1.54, 1.807) is 4.57 Å². The van der Waals surface area contributed by atoms with Gasteiger partial charge in [0.05, 0.1) is 11.4 Å². The maximum absolute atomic E-state index is 12.2. The van der Waals surface area contributed by atoms with E-state index >= 15 is 0 Å². The molecule has 1 aromatic heterocycles. The van der Waals surface area contributed by atoms with E-state index in [4.69, 9.17) is 12.2 Å². The molecular weight excluding hydrogens is 390 g/mol. The minimum Gasteiger partial charge on any atom is -0.349 e. The molecule has 0 atom stereocenters. The van der Waals surface area contributed by atoms with E-state index in [1.165, 1.54) is 31.2 Å². The number of ketones is 1. The highest BCUT2D eigenvalue weighted by atomic mass is 32.2. The summed E-state index contributed by atoms with van der Waals surface area (Å²) in [5, 5.41) is 9.36. The fraction of sp³-hybridized carbons (Fsp3) is 0.375. The van der Waals surface area contributed by atoms with Gasteiger partial charge in [-0.25, -0.2) is 13.1 Å². The molecule has 0 spiro atoms. The number of H-pyrrole nitrogens is 1. The summed E-state index contributed by atoms with van der Waals surface area (Å²) in [6.07, 6.45) is -0.0258. The average molecular weight is 412 g/mol. The van der Waals surface area contributed by atoms with Gasteiger partial charge in [-0.1, -0.05) is 12.1 Å². The van der Waals surface area contributed by atoms with Gasteiger partial charge in [0.25, 0.3) is 0 Å². The molecule has 11 heteroatoms. The van der Waals surface area contributed by atoms with E-state index in [0.717, 1.165) is 0 Å². The number of hydrogen-bond acceptors (Lipinski definition) is 6. The number of amides is 1. The molecule has 146 valence electrons. The zero-order valence-corrected chi connectivity index (χ0v) is 16.6. The van der Waals surface area contributed by atoms with Crippen molar-refractivity contribution in [3.63, 3.8) is 0 Å². The van der Waals surface area contributed by atoms with Gasteiger partial charge in [0.1, 0.15) is 0 Å². The van der Waals surface area contributed by atoms with Crippen molar-refractivity contribution in [3.8, 4) is 0 Å². The summed E-state index contributed by atoms with van der Waals surface area (Å²) in [7, 11) is -3.75. The van der Waals surface area contributed by atoms with Crippen molar-refractivity contribution in [2.45, 2.75) is 38.3 Å². The zero-order valence-electron chi connectivity index (χ0n) is 15.0. The van der Waals surface area contributed by atoms with Gasteiger partial charge in [-0.15, -0.1) is 0 Å². The highest BCUT2D eigenvalue weighted by Gasteiger charge is 2.15. The second-order valence-electron chi connectivity index (χ2n) is 5.69. The van der Waals surface area contributed by atoms with Crippen molar-refractivity contribution in [3.05, 3.63) is 40.4 Å². The van der Waals surface area contributed by atoms with Gasteiger partial charge in [-0.2, -0.15) is 5.10 Å². The Bertz CT molecular complexity index is 977. The third-order valence-corrected chi connectivity index (χ3v) is 5.60. The number of carbonyl (C=O) groups excluding carboxylic acids is 2. The van der Waals surface area contributed by atoms with E-state index in [0.29, 0.717) is 22.7 Å². The van der Waals surface area contributed by atoms with Crippen molar-refractivity contribution < 1.29 is 18.0 Å². The van der Waals surface area contributed by atoms with Gasteiger partial charge in [0.2, 0.25) is 15.9 Å². The van der Waals surface area contributed by atoms with Crippen LogP contribution in [0.1, 0.15) is 36.5 Å². The largest absolute Gasteiger partial charge is 0.349 e. The number of aromatic amines is 1. The first kappa shape index (κ1) is 20.9. The fourth-order valence-corrected chi connectivity index (χ4v) is 3.64. The van der Waals surface area contributed by atoms with Crippen molar-refractivity contribution in [2.24, 2.45) is 0 Å². The Balaban J connectivity index is 1.84. The van der Waals surface area contributed by atoms with E-state index in [2.05, 4.69) is 20.2 Å². The molecule has 1 amide bonds. The van der Waals surface area contributed by atoms with Crippen LogP contribution in [0.5, 0.6) is 0 Å². The van der Waals surface area contributed by atoms with Gasteiger partial charge in [-0.3, -0.25) is 14.7 Å². The summed E-state index contributed by atoms with van der Waals surface area (Å²) in [4.78, 5) is 23.2. The summed E-state index contributed by atoms with van der Waals surface area (Å²) in [5.74, 6) is 0.135. The number of benzene rings is 1. The summed E-state index contributed by atoms with van der Waals surface area (Å²) in [6, 6.07) is 5.60. The monoisotopic (exact) mass is 411 g/mol. The summed E-state index contributed by atoms with van der Waals surface area (Å²) in [5.41, 5.74) is 0.429. The lowest BCUT2D eigenvalue weighted by Crippen LogP contribution is -2.31. The van der Waals surface area contributed by atoms with Gasteiger partial charge in [0.15, 0.2) is 16.4 Å². The van der Waals surface area contributed by atoms with E-state index < -0.39 is 10.0 Å². The Morgan fingerprint density at radius 3 is 2.52 bits per heavy atom. The molecule has 0 aliphatic carbocycles. The number of Topliss-reactive ketones (excluding diaryl/α,β-unsaturated/α-hetero) is 1. The van der Waals surface area contributed by atoms with Crippen molar-refractivity contribution >= 4 is 33.9 Å². The first-order valence-electron chi connectivity index (χ1n) is 8.26. The highest BCUT2D eigenvalue weighted by Crippen LogP contribution is 2.11. The second kappa shape index (κ2) is 9.02.